The summed E-state index contributed by atoms with van der Waals surface area (Å²) in [5.74, 6) is -0.154. The highest BCUT2D eigenvalue weighted by atomic mass is 19.4. The van der Waals surface area contributed by atoms with Crippen molar-refractivity contribution >= 4 is 5.69 Å². The van der Waals surface area contributed by atoms with Crippen LogP contribution in [0.4, 0.5) is 23.2 Å². The third-order valence-electron chi connectivity index (χ3n) is 3.46. The van der Waals surface area contributed by atoms with Crippen LogP contribution in [0.25, 0.3) is 0 Å². The average Bonchev–Trinajstić information content (AvgIpc) is 3.13. The van der Waals surface area contributed by atoms with Gasteiger partial charge in [-0.05, 0) is 37.0 Å². The van der Waals surface area contributed by atoms with Crippen LogP contribution < -0.4 is 5.32 Å². The van der Waals surface area contributed by atoms with E-state index in [0.29, 0.717) is 12.0 Å². The molecule has 0 amide bonds. The molecule has 1 aliphatic rings. The molecule has 0 bridgehead atoms. The van der Waals surface area contributed by atoms with Crippen LogP contribution in [-0.2, 0) is 6.18 Å². The second-order valence-corrected chi connectivity index (χ2v) is 5.12. The monoisotopic (exact) mass is 275 g/mol. The van der Waals surface area contributed by atoms with Gasteiger partial charge in [-0.15, -0.1) is 0 Å². The lowest BCUT2D eigenvalue weighted by Gasteiger charge is -2.19. The van der Waals surface area contributed by atoms with Crippen LogP contribution in [0.15, 0.2) is 18.2 Å². The van der Waals surface area contributed by atoms with Gasteiger partial charge >= 0.3 is 6.18 Å². The van der Waals surface area contributed by atoms with Gasteiger partial charge in [0.1, 0.15) is 5.82 Å². The Morgan fingerprint density at radius 2 is 2.00 bits per heavy atom. The van der Waals surface area contributed by atoms with E-state index in [1.165, 1.54) is 18.9 Å². The lowest BCUT2D eigenvalue weighted by molar-refractivity contribution is -0.137. The molecule has 0 heterocycles. The molecule has 0 saturated heterocycles. The summed E-state index contributed by atoms with van der Waals surface area (Å²) >= 11 is 0. The molecule has 5 heteroatoms. The molecule has 0 radical (unpaired) electrons. The van der Waals surface area contributed by atoms with Crippen molar-refractivity contribution < 1.29 is 17.6 Å². The lowest BCUT2D eigenvalue weighted by Crippen LogP contribution is -2.20. The summed E-state index contributed by atoms with van der Waals surface area (Å²) in [5.41, 5.74) is -0.800. The van der Waals surface area contributed by atoms with Crippen molar-refractivity contribution in [2.24, 2.45) is 5.92 Å². The predicted octanol–water partition coefficient (Wildman–Crippen LogP) is 4.84. The van der Waals surface area contributed by atoms with E-state index in [1.807, 2.05) is 6.92 Å². The van der Waals surface area contributed by atoms with Gasteiger partial charge in [0.05, 0.1) is 11.3 Å². The second kappa shape index (κ2) is 5.39. The topological polar surface area (TPSA) is 12.0 Å². The minimum atomic E-state index is -4.50. The number of anilines is 1. The number of nitrogens with one attached hydrogen (secondary N) is 1. The molecule has 2 rings (SSSR count). The molecule has 106 valence electrons. The first kappa shape index (κ1) is 14.2. The Kier molecular flexibility index (Phi) is 4.02. The van der Waals surface area contributed by atoms with Gasteiger partial charge in [-0.1, -0.05) is 19.8 Å². The Labute approximate surface area is 110 Å². The Balaban J connectivity index is 2.07. The van der Waals surface area contributed by atoms with Crippen molar-refractivity contribution in [3.63, 3.8) is 0 Å². The summed E-state index contributed by atoms with van der Waals surface area (Å²) in [6, 6.07) is 2.76. The SMILES string of the molecule is CCC(CC1CC1)Nc1ccc(C(F)(F)F)cc1F. The normalized spacial score (nSPS) is 17.3. The quantitative estimate of drug-likeness (QED) is 0.758. The average molecular weight is 275 g/mol. The summed E-state index contributed by atoms with van der Waals surface area (Å²) in [5, 5.41) is 3.00. The van der Waals surface area contributed by atoms with E-state index in [4.69, 9.17) is 0 Å². The Bertz CT molecular complexity index is 438. The maximum Gasteiger partial charge on any atom is 0.416 e. The zero-order valence-corrected chi connectivity index (χ0v) is 10.7. The van der Waals surface area contributed by atoms with Crippen LogP contribution >= 0.6 is 0 Å². The third-order valence-corrected chi connectivity index (χ3v) is 3.46. The van der Waals surface area contributed by atoms with Gasteiger partial charge in [-0.3, -0.25) is 0 Å². The van der Waals surface area contributed by atoms with E-state index in [2.05, 4.69) is 5.32 Å². The highest BCUT2D eigenvalue weighted by Gasteiger charge is 2.31. The fourth-order valence-corrected chi connectivity index (χ4v) is 2.11. The third kappa shape index (κ3) is 3.85. The largest absolute Gasteiger partial charge is 0.416 e. The second-order valence-electron chi connectivity index (χ2n) is 5.12. The fraction of sp³-hybridized carbons (Fsp3) is 0.571. The molecule has 1 nitrogen and oxygen atoms in total. The smallest absolute Gasteiger partial charge is 0.380 e. The molecule has 1 aromatic rings. The van der Waals surface area contributed by atoms with Gasteiger partial charge in [-0.25, -0.2) is 4.39 Å². The summed E-state index contributed by atoms with van der Waals surface area (Å²) in [4.78, 5) is 0. The Morgan fingerprint density at radius 1 is 1.32 bits per heavy atom. The molecular formula is C14H17F4N. The van der Waals surface area contributed by atoms with Crippen molar-refractivity contribution in [1.82, 2.24) is 0 Å². The number of halogens is 4. The van der Waals surface area contributed by atoms with Gasteiger partial charge in [0.2, 0.25) is 0 Å². The Hall–Kier alpha value is -1.26. The molecule has 19 heavy (non-hydrogen) atoms. The zero-order valence-electron chi connectivity index (χ0n) is 10.7. The summed E-state index contributed by atoms with van der Waals surface area (Å²) in [6.07, 6.45) is -0.313. The molecule has 1 aliphatic carbocycles. The van der Waals surface area contributed by atoms with Gasteiger partial charge in [-0.2, -0.15) is 13.2 Å². The van der Waals surface area contributed by atoms with E-state index in [9.17, 15) is 17.6 Å². The van der Waals surface area contributed by atoms with Crippen LogP contribution in [0.3, 0.4) is 0 Å². The predicted molar refractivity (Wildman–Crippen MR) is 66.4 cm³/mol. The van der Waals surface area contributed by atoms with Crippen LogP contribution in [-0.4, -0.2) is 6.04 Å². The summed E-state index contributed by atoms with van der Waals surface area (Å²) in [7, 11) is 0. The van der Waals surface area contributed by atoms with Gasteiger partial charge < -0.3 is 5.32 Å². The first-order valence-electron chi connectivity index (χ1n) is 6.53. The van der Waals surface area contributed by atoms with Crippen molar-refractivity contribution in [3.8, 4) is 0 Å². The van der Waals surface area contributed by atoms with Gasteiger partial charge in [0.25, 0.3) is 0 Å². The van der Waals surface area contributed by atoms with Crippen LogP contribution in [0, 0.1) is 11.7 Å². The highest BCUT2D eigenvalue weighted by Crippen LogP contribution is 2.35. The first-order chi connectivity index (χ1) is 8.90. The molecule has 1 aromatic carbocycles. The Morgan fingerprint density at radius 3 is 2.47 bits per heavy atom. The molecule has 0 aromatic heterocycles. The van der Waals surface area contributed by atoms with E-state index in [1.54, 1.807) is 0 Å². The molecule has 1 N–H and O–H groups in total. The maximum atomic E-state index is 13.7. The van der Waals surface area contributed by atoms with E-state index in [-0.39, 0.29) is 11.7 Å². The molecule has 1 unspecified atom stereocenters. The summed E-state index contributed by atoms with van der Waals surface area (Å²) < 4.78 is 50.9. The number of hydrogen-bond acceptors (Lipinski definition) is 1. The van der Waals surface area contributed by atoms with Crippen LogP contribution in [0.1, 0.15) is 38.2 Å². The minimum absolute atomic E-state index is 0.124. The van der Waals surface area contributed by atoms with Gasteiger partial charge in [0.15, 0.2) is 0 Å². The van der Waals surface area contributed by atoms with Crippen LogP contribution in [0.2, 0.25) is 0 Å². The molecular weight excluding hydrogens is 258 g/mol. The standard InChI is InChI=1S/C14H17F4N/c1-2-11(7-9-3-4-9)19-13-6-5-10(8-12(13)15)14(16,17)18/h5-6,8-9,11,19H,2-4,7H2,1H3. The van der Waals surface area contributed by atoms with Crippen molar-refractivity contribution in [3.05, 3.63) is 29.6 Å². The number of rotatable bonds is 5. The minimum Gasteiger partial charge on any atom is -0.380 e. The number of hydrogen-bond donors (Lipinski definition) is 1. The van der Waals surface area contributed by atoms with Crippen molar-refractivity contribution in [2.75, 3.05) is 5.32 Å². The number of benzene rings is 1. The van der Waals surface area contributed by atoms with Gasteiger partial charge in [0, 0.05) is 6.04 Å². The van der Waals surface area contributed by atoms with E-state index in [0.717, 1.165) is 18.9 Å². The first-order valence-corrected chi connectivity index (χ1v) is 6.53. The van der Waals surface area contributed by atoms with Crippen molar-refractivity contribution in [1.29, 1.82) is 0 Å². The van der Waals surface area contributed by atoms with Crippen molar-refractivity contribution in [2.45, 2.75) is 44.8 Å². The van der Waals surface area contributed by atoms with E-state index < -0.39 is 17.6 Å². The molecule has 0 spiro atoms. The molecule has 1 fully saturated rings. The maximum absolute atomic E-state index is 13.7. The molecule has 0 aliphatic heterocycles. The number of alkyl halides is 3. The lowest BCUT2D eigenvalue weighted by atomic mass is 10.1. The zero-order chi connectivity index (χ0) is 14.0. The summed E-state index contributed by atoms with van der Waals surface area (Å²) in [6.45, 7) is 1.99. The molecule has 1 saturated carbocycles. The molecule has 1 atom stereocenters. The fourth-order valence-electron chi connectivity index (χ4n) is 2.11. The van der Waals surface area contributed by atoms with Crippen LogP contribution in [0.5, 0.6) is 0 Å². The van der Waals surface area contributed by atoms with E-state index >= 15 is 0 Å². The highest BCUT2D eigenvalue weighted by molar-refractivity contribution is 5.47.